The zero-order valence-electron chi connectivity index (χ0n) is 11.9. The molecule has 4 nitrogen and oxygen atoms in total. The van der Waals surface area contributed by atoms with E-state index in [1.807, 2.05) is 0 Å². The Morgan fingerprint density at radius 1 is 1.20 bits per heavy atom. The Balaban J connectivity index is 2.25. The number of hydrogen-bond donors (Lipinski definition) is 1. The maximum Gasteiger partial charge on any atom is 0.305 e. The van der Waals surface area contributed by atoms with E-state index in [9.17, 15) is 14.0 Å². The number of methoxy groups -OCH3 is 1. The van der Waals surface area contributed by atoms with Crippen molar-refractivity contribution in [1.82, 2.24) is 5.32 Å². The van der Waals surface area contributed by atoms with Gasteiger partial charge in [-0.1, -0.05) is 6.42 Å². The number of hydrogen-bond acceptors (Lipinski definition) is 3. The molecule has 1 N–H and O–H groups in total. The van der Waals surface area contributed by atoms with Crippen LogP contribution in [0.3, 0.4) is 0 Å². The van der Waals surface area contributed by atoms with Gasteiger partial charge in [0.05, 0.1) is 7.11 Å². The minimum atomic E-state index is -0.409. The van der Waals surface area contributed by atoms with Crippen LogP contribution in [0.1, 0.15) is 41.6 Å². The number of esters is 1. The van der Waals surface area contributed by atoms with Gasteiger partial charge in [0, 0.05) is 18.5 Å². The lowest BCUT2D eigenvalue weighted by atomic mass is 10.1. The maximum atomic E-state index is 13.2. The van der Waals surface area contributed by atoms with E-state index >= 15 is 0 Å². The van der Waals surface area contributed by atoms with E-state index in [2.05, 4.69) is 10.1 Å². The molecule has 0 aliphatic rings. The van der Waals surface area contributed by atoms with Gasteiger partial charge < -0.3 is 10.1 Å². The third-order valence-electron chi connectivity index (χ3n) is 2.88. The molecule has 0 aromatic heterocycles. The minimum Gasteiger partial charge on any atom is -0.469 e. The average Bonchev–Trinajstić information content (AvgIpc) is 2.40. The highest BCUT2D eigenvalue weighted by molar-refractivity contribution is 5.94. The van der Waals surface area contributed by atoms with Gasteiger partial charge >= 0.3 is 5.97 Å². The van der Waals surface area contributed by atoms with E-state index in [0.29, 0.717) is 24.1 Å². The van der Waals surface area contributed by atoms with E-state index in [1.54, 1.807) is 13.0 Å². The van der Waals surface area contributed by atoms with Crippen LogP contribution in [-0.4, -0.2) is 25.5 Å². The SMILES string of the molecule is COC(=O)CCCCCNC(=O)c1cc(C)cc(F)c1. The lowest BCUT2D eigenvalue weighted by Gasteiger charge is -2.06. The summed E-state index contributed by atoms with van der Waals surface area (Å²) in [6.45, 7) is 2.25. The fraction of sp³-hybridized carbons (Fsp3) is 0.467. The number of amides is 1. The van der Waals surface area contributed by atoms with Gasteiger partial charge in [-0.3, -0.25) is 9.59 Å². The second-order valence-electron chi connectivity index (χ2n) is 4.66. The lowest BCUT2D eigenvalue weighted by molar-refractivity contribution is -0.140. The van der Waals surface area contributed by atoms with E-state index in [4.69, 9.17) is 0 Å². The summed E-state index contributed by atoms with van der Waals surface area (Å²) < 4.78 is 17.7. The maximum absolute atomic E-state index is 13.2. The van der Waals surface area contributed by atoms with Gasteiger partial charge in [-0.15, -0.1) is 0 Å². The van der Waals surface area contributed by atoms with E-state index in [-0.39, 0.29) is 11.9 Å². The highest BCUT2D eigenvalue weighted by Gasteiger charge is 2.07. The average molecular weight is 281 g/mol. The number of aryl methyl sites for hydroxylation is 1. The molecular weight excluding hydrogens is 261 g/mol. The highest BCUT2D eigenvalue weighted by atomic mass is 19.1. The number of nitrogens with one attached hydrogen (secondary N) is 1. The van der Waals surface area contributed by atoms with Gasteiger partial charge in [0.25, 0.3) is 5.91 Å². The fourth-order valence-electron chi connectivity index (χ4n) is 1.84. The third-order valence-corrected chi connectivity index (χ3v) is 2.88. The Kier molecular flexibility index (Phi) is 6.70. The minimum absolute atomic E-state index is 0.218. The molecule has 0 radical (unpaired) electrons. The van der Waals surface area contributed by atoms with Crippen molar-refractivity contribution in [1.29, 1.82) is 0 Å². The Morgan fingerprint density at radius 2 is 1.95 bits per heavy atom. The normalized spacial score (nSPS) is 10.2. The molecule has 0 spiro atoms. The molecule has 1 amide bonds. The topological polar surface area (TPSA) is 55.4 Å². The molecule has 110 valence electrons. The monoisotopic (exact) mass is 281 g/mol. The van der Waals surface area contributed by atoms with Crippen LogP contribution in [0.2, 0.25) is 0 Å². The summed E-state index contributed by atoms with van der Waals surface area (Å²) in [4.78, 5) is 22.7. The molecule has 1 aromatic carbocycles. The molecule has 0 unspecified atom stereocenters. The molecule has 1 rings (SSSR count). The zero-order chi connectivity index (χ0) is 15.0. The number of benzene rings is 1. The quantitative estimate of drug-likeness (QED) is 0.617. The predicted molar refractivity (Wildman–Crippen MR) is 74.0 cm³/mol. The van der Waals surface area contributed by atoms with Gasteiger partial charge in [0.15, 0.2) is 0 Å². The van der Waals surface area contributed by atoms with Crippen molar-refractivity contribution in [3.8, 4) is 0 Å². The molecule has 1 aromatic rings. The first kappa shape index (κ1) is 16.1. The molecule has 0 heterocycles. The number of carbonyl (C=O) groups excluding carboxylic acids is 2. The van der Waals surface area contributed by atoms with Gasteiger partial charge in [-0.2, -0.15) is 0 Å². The molecule has 0 saturated heterocycles. The van der Waals surface area contributed by atoms with Crippen molar-refractivity contribution in [3.05, 3.63) is 35.1 Å². The molecule has 0 bridgehead atoms. The van der Waals surface area contributed by atoms with Crippen LogP contribution in [-0.2, 0) is 9.53 Å². The Morgan fingerprint density at radius 3 is 2.60 bits per heavy atom. The number of rotatable bonds is 7. The lowest BCUT2D eigenvalue weighted by Crippen LogP contribution is -2.24. The van der Waals surface area contributed by atoms with Crippen LogP contribution in [0.4, 0.5) is 4.39 Å². The van der Waals surface area contributed by atoms with Gasteiger partial charge in [0.1, 0.15) is 5.82 Å². The first-order chi connectivity index (χ1) is 9.52. The summed E-state index contributed by atoms with van der Waals surface area (Å²) >= 11 is 0. The molecule has 5 heteroatoms. The summed E-state index contributed by atoms with van der Waals surface area (Å²) in [6, 6.07) is 4.25. The summed E-state index contributed by atoms with van der Waals surface area (Å²) in [5, 5.41) is 2.73. The predicted octanol–water partition coefficient (Wildman–Crippen LogP) is 2.60. The molecular formula is C15H20FNO3. The van der Waals surface area contributed by atoms with Gasteiger partial charge in [-0.25, -0.2) is 4.39 Å². The van der Waals surface area contributed by atoms with Crippen molar-refractivity contribution in [2.75, 3.05) is 13.7 Å². The van der Waals surface area contributed by atoms with Crippen molar-refractivity contribution >= 4 is 11.9 Å². The fourth-order valence-corrected chi connectivity index (χ4v) is 1.84. The van der Waals surface area contributed by atoms with Crippen LogP contribution >= 0.6 is 0 Å². The van der Waals surface area contributed by atoms with E-state index in [1.165, 1.54) is 19.2 Å². The van der Waals surface area contributed by atoms with Crippen LogP contribution in [0.25, 0.3) is 0 Å². The van der Waals surface area contributed by atoms with Crippen molar-refractivity contribution in [2.45, 2.75) is 32.6 Å². The second kappa shape index (κ2) is 8.30. The smallest absolute Gasteiger partial charge is 0.305 e. The van der Waals surface area contributed by atoms with Crippen molar-refractivity contribution < 1.29 is 18.7 Å². The van der Waals surface area contributed by atoms with Crippen molar-refractivity contribution in [2.24, 2.45) is 0 Å². The molecule has 0 aliphatic carbocycles. The molecule has 0 fully saturated rings. The largest absolute Gasteiger partial charge is 0.469 e. The molecule has 20 heavy (non-hydrogen) atoms. The second-order valence-corrected chi connectivity index (χ2v) is 4.66. The first-order valence-corrected chi connectivity index (χ1v) is 6.65. The molecule has 0 aliphatic heterocycles. The summed E-state index contributed by atoms with van der Waals surface area (Å²) in [5.74, 6) is -0.905. The van der Waals surface area contributed by atoms with Crippen LogP contribution in [0.15, 0.2) is 18.2 Å². The Hall–Kier alpha value is -1.91. The summed E-state index contributed by atoms with van der Waals surface area (Å²) in [6.07, 6.45) is 2.74. The Bertz CT molecular complexity index is 454. The number of ether oxygens (including phenoxy) is 1. The van der Waals surface area contributed by atoms with Crippen molar-refractivity contribution in [3.63, 3.8) is 0 Å². The first-order valence-electron chi connectivity index (χ1n) is 6.65. The standard InChI is InChI=1S/C15H20FNO3/c1-11-8-12(10-13(16)9-11)15(19)17-7-5-3-4-6-14(18)20-2/h8-10H,3-7H2,1-2H3,(H,17,19). The van der Waals surface area contributed by atoms with Crippen LogP contribution in [0, 0.1) is 12.7 Å². The highest BCUT2D eigenvalue weighted by Crippen LogP contribution is 2.08. The Labute approximate surface area is 118 Å². The van der Waals surface area contributed by atoms with Gasteiger partial charge in [0.2, 0.25) is 0 Å². The van der Waals surface area contributed by atoms with Crippen LogP contribution < -0.4 is 5.32 Å². The third kappa shape index (κ3) is 5.82. The number of carbonyl (C=O) groups is 2. The molecule has 0 saturated carbocycles. The van der Waals surface area contributed by atoms with Crippen LogP contribution in [0.5, 0.6) is 0 Å². The molecule has 0 atom stereocenters. The number of unbranched alkanes of at least 4 members (excludes halogenated alkanes) is 2. The summed E-state index contributed by atoms with van der Waals surface area (Å²) in [7, 11) is 1.36. The van der Waals surface area contributed by atoms with E-state index < -0.39 is 5.82 Å². The van der Waals surface area contributed by atoms with Gasteiger partial charge in [-0.05, 0) is 43.5 Å². The zero-order valence-corrected chi connectivity index (χ0v) is 11.9. The van der Waals surface area contributed by atoms with E-state index in [0.717, 1.165) is 19.3 Å². The summed E-state index contributed by atoms with van der Waals surface area (Å²) in [5.41, 5.74) is 1.05. The number of halogens is 1.